The third-order valence-corrected chi connectivity index (χ3v) is 7.95. The van der Waals surface area contributed by atoms with Crippen LogP contribution in [0.5, 0.6) is 5.75 Å². The molecule has 0 saturated heterocycles. The molecule has 1 heterocycles. The number of aliphatic carboxylic acids is 1. The lowest BCUT2D eigenvalue weighted by Gasteiger charge is -2.22. The van der Waals surface area contributed by atoms with Gasteiger partial charge in [-0.3, -0.25) is 9.52 Å². The molecule has 0 aliphatic heterocycles. The highest BCUT2D eigenvalue weighted by Crippen LogP contribution is 2.31. The van der Waals surface area contributed by atoms with Gasteiger partial charge < -0.3 is 14.3 Å². The Morgan fingerprint density at radius 1 is 1.09 bits per heavy atom. The van der Waals surface area contributed by atoms with Crippen molar-refractivity contribution in [1.82, 2.24) is 9.29 Å². The van der Waals surface area contributed by atoms with Crippen LogP contribution in [0.4, 0.5) is 18.9 Å². The number of halogens is 4. The Bertz CT molecular complexity index is 1710. The molecule has 0 aliphatic rings. The van der Waals surface area contributed by atoms with E-state index in [1.807, 2.05) is 0 Å². The van der Waals surface area contributed by atoms with Gasteiger partial charge in [-0.15, -0.1) is 0 Å². The zero-order valence-corrected chi connectivity index (χ0v) is 24.6. The third kappa shape index (κ3) is 8.49. The average molecular weight is 638 g/mol. The molecule has 9 nitrogen and oxygen atoms in total. The van der Waals surface area contributed by atoms with Gasteiger partial charge in [0.05, 0.1) is 23.6 Å². The molecule has 0 radical (unpaired) electrons. The molecule has 0 bridgehead atoms. The number of carbonyl (C=O) groups is 1. The van der Waals surface area contributed by atoms with Crippen molar-refractivity contribution in [3.05, 3.63) is 99.9 Å². The van der Waals surface area contributed by atoms with E-state index in [0.29, 0.717) is 45.3 Å². The molecule has 2 N–H and O–H groups in total. The number of alkyl halides is 3. The number of ether oxygens (including phenoxy) is 1. The molecule has 43 heavy (non-hydrogen) atoms. The molecule has 228 valence electrons. The Kier molecular flexibility index (Phi) is 9.68. The molecular formula is C29H27ClF3N3O6S. The molecular weight excluding hydrogens is 611 g/mol. The van der Waals surface area contributed by atoms with E-state index in [2.05, 4.69) is 9.71 Å². The second-order valence-electron chi connectivity index (χ2n) is 9.57. The second kappa shape index (κ2) is 13.1. The number of rotatable bonds is 12. The van der Waals surface area contributed by atoms with E-state index in [1.54, 1.807) is 44.2 Å². The Labute approximate surface area is 251 Å². The van der Waals surface area contributed by atoms with E-state index < -0.39 is 34.5 Å². The van der Waals surface area contributed by atoms with Crippen LogP contribution in [0, 0.1) is 13.8 Å². The molecule has 0 spiro atoms. The van der Waals surface area contributed by atoms with Crippen molar-refractivity contribution in [2.45, 2.75) is 33.0 Å². The fourth-order valence-electron chi connectivity index (χ4n) is 4.11. The number of nitrogens with zero attached hydrogens (tertiary/aromatic N) is 2. The number of oxazole rings is 1. The molecule has 0 aliphatic carbocycles. The number of hydrogen-bond acceptors (Lipinski definition) is 6. The lowest BCUT2D eigenvalue weighted by molar-refractivity contribution is -0.138. The number of carboxylic acid groups (broad SMARTS) is 1. The van der Waals surface area contributed by atoms with Crippen LogP contribution in [-0.2, 0) is 34.1 Å². The molecule has 1 aromatic heterocycles. The lowest BCUT2D eigenvalue weighted by atomic mass is 10.1. The van der Waals surface area contributed by atoms with Crippen LogP contribution in [0.15, 0.2) is 71.1 Å². The van der Waals surface area contributed by atoms with Gasteiger partial charge >= 0.3 is 22.4 Å². The first-order valence-corrected chi connectivity index (χ1v) is 14.6. The van der Waals surface area contributed by atoms with Crippen LogP contribution >= 0.6 is 11.6 Å². The Hall–Kier alpha value is -4.07. The summed E-state index contributed by atoms with van der Waals surface area (Å²) in [6.07, 6.45) is -4.12. The van der Waals surface area contributed by atoms with Crippen LogP contribution in [-0.4, -0.2) is 41.9 Å². The monoisotopic (exact) mass is 637 g/mol. The first kappa shape index (κ1) is 31.9. The van der Waals surface area contributed by atoms with Crippen molar-refractivity contribution in [3.8, 4) is 17.2 Å². The Balaban J connectivity index is 1.41. The topological polar surface area (TPSA) is 122 Å². The van der Waals surface area contributed by atoms with E-state index in [0.717, 1.165) is 16.4 Å². The Morgan fingerprint density at radius 2 is 1.81 bits per heavy atom. The molecule has 0 saturated carbocycles. The van der Waals surface area contributed by atoms with Gasteiger partial charge in [-0.05, 0) is 79.6 Å². The predicted octanol–water partition coefficient (Wildman–Crippen LogP) is 6.50. The van der Waals surface area contributed by atoms with Gasteiger partial charge in [0.15, 0.2) is 0 Å². The number of carboxylic acids is 1. The fraction of sp³-hybridized carbons (Fsp3) is 0.241. The maximum absolute atomic E-state index is 13.1. The molecule has 0 unspecified atom stereocenters. The van der Waals surface area contributed by atoms with Gasteiger partial charge in [-0.25, -0.2) is 4.98 Å². The second-order valence-corrected chi connectivity index (χ2v) is 11.7. The average Bonchev–Trinajstić information content (AvgIpc) is 3.30. The summed E-state index contributed by atoms with van der Waals surface area (Å²) in [5.74, 6) is -0.240. The van der Waals surface area contributed by atoms with Crippen LogP contribution in [0.25, 0.3) is 11.5 Å². The van der Waals surface area contributed by atoms with E-state index >= 15 is 0 Å². The molecule has 0 amide bonds. The minimum atomic E-state index is -4.44. The highest BCUT2D eigenvalue weighted by atomic mass is 35.5. The van der Waals surface area contributed by atoms with E-state index in [1.165, 1.54) is 24.3 Å². The zero-order chi connectivity index (χ0) is 31.4. The number of nitrogens with one attached hydrogen (secondary N) is 1. The molecule has 0 atom stereocenters. The van der Waals surface area contributed by atoms with E-state index in [9.17, 15) is 31.5 Å². The van der Waals surface area contributed by atoms with Crippen molar-refractivity contribution in [3.63, 3.8) is 0 Å². The number of hydrogen-bond donors (Lipinski definition) is 2. The number of anilines is 1. The molecule has 4 aromatic rings. The molecule has 4 rings (SSSR count). The van der Waals surface area contributed by atoms with E-state index in [4.69, 9.17) is 20.8 Å². The summed E-state index contributed by atoms with van der Waals surface area (Å²) in [5.41, 5.74) is 1.51. The van der Waals surface area contributed by atoms with Gasteiger partial charge in [-0.2, -0.15) is 25.9 Å². The molecule has 0 fully saturated rings. The quantitative estimate of drug-likeness (QED) is 0.182. The fourth-order valence-corrected chi connectivity index (χ4v) is 5.57. The normalized spacial score (nSPS) is 12.0. The standard InChI is InChI=1S/C29H27ClF3N3O6S/c1-18-14-23(30)10-11-25(18)35-43(39,40)36(17-27(37)38)16-20-4-3-5-24(15-20)41-13-12-26-19(2)42-28(34-26)21-6-8-22(9-7-21)29(31,32)33/h3-11,14-15,35H,12-13,16-17H2,1-2H3,(H,37,38). The lowest BCUT2D eigenvalue weighted by Crippen LogP contribution is -2.39. The van der Waals surface area contributed by atoms with Crippen molar-refractivity contribution in [2.75, 3.05) is 17.9 Å². The van der Waals surface area contributed by atoms with Crippen LogP contribution in [0.2, 0.25) is 5.02 Å². The van der Waals surface area contributed by atoms with Crippen molar-refractivity contribution in [1.29, 1.82) is 0 Å². The maximum atomic E-state index is 13.1. The van der Waals surface area contributed by atoms with Gasteiger partial charge in [-0.1, -0.05) is 23.7 Å². The molecule has 14 heteroatoms. The number of aromatic nitrogens is 1. The summed E-state index contributed by atoms with van der Waals surface area (Å²) in [6.45, 7) is 2.50. The summed E-state index contributed by atoms with van der Waals surface area (Å²) in [6, 6.07) is 15.7. The van der Waals surface area contributed by atoms with Crippen molar-refractivity contribution in [2.24, 2.45) is 0 Å². The Morgan fingerprint density at radius 3 is 2.47 bits per heavy atom. The highest BCUT2D eigenvalue weighted by molar-refractivity contribution is 7.90. The summed E-state index contributed by atoms with van der Waals surface area (Å²) in [7, 11) is -4.26. The zero-order valence-electron chi connectivity index (χ0n) is 23.0. The van der Waals surface area contributed by atoms with Crippen LogP contribution in [0.3, 0.4) is 0 Å². The van der Waals surface area contributed by atoms with Crippen molar-refractivity contribution < 1.29 is 40.6 Å². The van der Waals surface area contributed by atoms with Gasteiger partial charge in [0.1, 0.15) is 18.1 Å². The summed E-state index contributed by atoms with van der Waals surface area (Å²) >= 11 is 5.95. The van der Waals surface area contributed by atoms with Crippen LogP contribution in [0.1, 0.15) is 28.1 Å². The third-order valence-electron chi connectivity index (χ3n) is 6.30. The van der Waals surface area contributed by atoms with E-state index in [-0.39, 0.29) is 24.7 Å². The predicted molar refractivity (Wildman–Crippen MR) is 154 cm³/mol. The maximum Gasteiger partial charge on any atom is 0.416 e. The largest absolute Gasteiger partial charge is 0.493 e. The SMILES string of the molecule is Cc1cc(Cl)ccc1NS(=O)(=O)N(CC(=O)O)Cc1cccc(OCCc2nc(-c3ccc(C(F)(F)F)cc3)oc2C)c1. The van der Waals surface area contributed by atoms with Crippen molar-refractivity contribution >= 4 is 33.5 Å². The summed E-state index contributed by atoms with van der Waals surface area (Å²) < 4.78 is 79.4. The number of benzene rings is 3. The smallest absolute Gasteiger partial charge is 0.416 e. The highest BCUT2D eigenvalue weighted by Gasteiger charge is 2.30. The van der Waals surface area contributed by atoms with Gasteiger partial charge in [0.25, 0.3) is 0 Å². The first-order valence-electron chi connectivity index (χ1n) is 12.8. The summed E-state index contributed by atoms with van der Waals surface area (Å²) in [5, 5.41) is 9.80. The molecule has 3 aromatic carbocycles. The minimum Gasteiger partial charge on any atom is -0.493 e. The summed E-state index contributed by atoms with van der Waals surface area (Å²) in [4.78, 5) is 15.9. The minimum absolute atomic E-state index is 0.165. The van der Waals surface area contributed by atoms with Gasteiger partial charge in [0, 0.05) is 23.6 Å². The van der Waals surface area contributed by atoms with Crippen LogP contribution < -0.4 is 9.46 Å². The number of aryl methyl sites for hydroxylation is 2. The van der Waals surface area contributed by atoms with Gasteiger partial charge in [0.2, 0.25) is 5.89 Å². The first-order chi connectivity index (χ1) is 20.2.